The molecule has 1 heteroatoms. The van der Waals surface area contributed by atoms with Crippen LogP contribution in [0.25, 0.3) is 10.8 Å². The van der Waals surface area contributed by atoms with E-state index in [9.17, 15) is 4.79 Å². The van der Waals surface area contributed by atoms with Gasteiger partial charge in [0.15, 0.2) is 5.78 Å². The molecular formula is C14H10O. The minimum atomic E-state index is 0.0646. The molecule has 0 aliphatic carbocycles. The van der Waals surface area contributed by atoms with Gasteiger partial charge in [0.1, 0.15) is 0 Å². The standard InChI is InChI=1S/C14H10O/c1-3-11-6-4-9-14-12(10(2)15)7-5-8-13(11)14/h1,4-9H,2H3. The monoisotopic (exact) mass is 194 g/mol. The summed E-state index contributed by atoms with van der Waals surface area (Å²) in [4.78, 5) is 11.4. The summed E-state index contributed by atoms with van der Waals surface area (Å²) in [5, 5.41) is 1.90. The molecule has 0 bridgehead atoms. The van der Waals surface area contributed by atoms with Crippen molar-refractivity contribution in [3.05, 3.63) is 47.5 Å². The summed E-state index contributed by atoms with van der Waals surface area (Å²) in [6.07, 6.45) is 5.41. The summed E-state index contributed by atoms with van der Waals surface area (Å²) >= 11 is 0. The normalized spacial score (nSPS) is 9.87. The van der Waals surface area contributed by atoms with E-state index in [-0.39, 0.29) is 5.78 Å². The van der Waals surface area contributed by atoms with E-state index < -0.39 is 0 Å². The van der Waals surface area contributed by atoms with Gasteiger partial charge >= 0.3 is 0 Å². The van der Waals surface area contributed by atoms with Crippen LogP contribution >= 0.6 is 0 Å². The highest BCUT2D eigenvalue weighted by atomic mass is 16.1. The third-order valence-electron chi connectivity index (χ3n) is 2.46. The number of hydrogen-bond donors (Lipinski definition) is 0. The number of ketones is 1. The van der Waals surface area contributed by atoms with Gasteiger partial charge in [-0.15, -0.1) is 6.42 Å². The third-order valence-corrected chi connectivity index (χ3v) is 2.46. The second-order valence-electron chi connectivity index (χ2n) is 3.41. The van der Waals surface area contributed by atoms with Crippen molar-refractivity contribution in [2.75, 3.05) is 0 Å². The Morgan fingerprint density at radius 1 is 1.13 bits per heavy atom. The SMILES string of the molecule is C#Cc1cccc2c(C(C)=O)cccc12. The molecule has 72 valence electrons. The Labute approximate surface area is 88.7 Å². The molecule has 0 saturated heterocycles. The van der Waals surface area contributed by atoms with Gasteiger partial charge in [0, 0.05) is 11.1 Å². The Morgan fingerprint density at radius 3 is 2.47 bits per heavy atom. The number of rotatable bonds is 1. The highest BCUT2D eigenvalue weighted by molar-refractivity contribution is 6.08. The van der Waals surface area contributed by atoms with Crippen LogP contribution in [0.4, 0.5) is 0 Å². The van der Waals surface area contributed by atoms with Crippen LogP contribution < -0.4 is 0 Å². The fraction of sp³-hybridized carbons (Fsp3) is 0.0714. The maximum atomic E-state index is 11.4. The lowest BCUT2D eigenvalue weighted by molar-refractivity contribution is 0.101. The van der Waals surface area contributed by atoms with Gasteiger partial charge in [-0.05, 0) is 23.8 Å². The lowest BCUT2D eigenvalue weighted by Gasteiger charge is -2.04. The number of carbonyl (C=O) groups excluding carboxylic acids is 1. The first-order valence-corrected chi connectivity index (χ1v) is 4.73. The summed E-state index contributed by atoms with van der Waals surface area (Å²) in [6.45, 7) is 1.57. The highest BCUT2D eigenvalue weighted by Gasteiger charge is 2.06. The van der Waals surface area contributed by atoms with Gasteiger partial charge in [-0.2, -0.15) is 0 Å². The van der Waals surface area contributed by atoms with Crippen molar-refractivity contribution in [3.63, 3.8) is 0 Å². The molecule has 2 rings (SSSR count). The first-order valence-electron chi connectivity index (χ1n) is 4.73. The van der Waals surface area contributed by atoms with Crippen LogP contribution in [0.2, 0.25) is 0 Å². The van der Waals surface area contributed by atoms with Crippen LogP contribution in [0.1, 0.15) is 22.8 Å². The summed E-state index contributed by atoms with van der Waals surface area (Å²) in [6, 6.07) is 11.3. The maximum absolute atomic E-state index is 11.4. The summed E-state index contributed by atoms with van der Waals surface area (Å²) in [7, 11) is 0. The van der Waals surface area contributed by atoms with E-state index in [0.29, 0.717) is 0 Å². The van der Waals surface area contributed by atoms with Gasteiger partial charge in [-0.3, -0.25) is 4.79 Å². The number of fused-ring (bicyclic) bond motifs is 1. The second-order valence-corrected chi connectivity index (χ2v) is 3.41. The Hall–Kier alpha value is -2.07. The Morgan fingerprint density at radius 2 is 1.80 bits per heavy atom. The van der Waals surface area contributed by atoms with Gasteiger partial charge in [-0.1, -0.05) is 36.3 Å². The van der Waals surface area contributed by atoms with Crippen molar-refractivity contribution < 1.29 is 4.79 Å². The van der Waals surface area contributed by atoms with Crippen molar-refractivity contribution in [2.24, 2.45) is 0 Å². The van der Waals surface area contributed by atoms with Crippen molar-refractivity contribution in [1.29, 1.82) is 0 Å². The molecule has 2 aromatic rings. The number of terminal acetylenes is 1. The van der Waals surface area contributed by atoms with Gasteiger partial charge < -0.3 is 0 Å². The van der Waals surface area contributed by atoms with Crippen molar-refractivity contribution in [2.45, 2.75) is 6.92 Å². The number of carbonyl (C=O) groups is 1. The van der Waals surface area contributed by atoms with Gasteiger partial charge in [0.05, 0.1) is 0 Å². The van der Waals surface area contributed by atoms with Crippen molar-refractivity contribution >= 4 is 16.6 Å². The zero-order valence-electron chi connectivity index (χ0n) is 8.45. The molecule has 0 unspecified atom stereocenters. The third kappa shape index (κ3) is 1.51. The zero-order chi connectivity index (χ0) is 10.8. The first-order chi connectivity index (χ1) is 7.24. The van der Waals surface area contributed by atoms with Crippen molar-refractivity contribution in [1.82, 2.24) is 0 Å². The van der Waals surface area contributed by atoms with E-state index in [1.54, 1.807) is 6.92 Å². The minimum Gasteiger partial charge on any atom is -0.294 e. The minimum absolute atomic E-state index is 0.0646. The van der Waals surface area contributed by atoms with Gasteiger partial charge in [0.2, 0.25) is 0 Å². The summed E-state index contributed by atoms with van der Waals surface area (Å²) in [5.41, 5.74) is 1.56. The summed E-state index contributed by atoms with van der Waals surface area (Å²) in [5.74, 6) is 2.69. The van der Waals surface area contributed by atoms with Crippen LogP contribution in [0.3, 0.4) is 0 Å². The topological polar surface area (TPSA) is 17.1 Å². The molecule has 0 amide bonds. The fourth-order valence-corrected chi connectivity index (χ4v) is 1.74. The average Bonchev–Trinajstić information content (AvgIpc) is 2.27. The van der Waals surface area contributed by atoms with Crippen LogP contribution in [0.5, 0.6) is 0 Å². The van der Waals surface area contributed by atoms with Crippen LogP contribution in [-0.4, -0.2) is 5.78 Å². The van der Waals surface area contributed by atoms with E-state index in [1.165, 1.54) is 0 Å². The molecule has 0 spiro atoms. The number of Topliss-reactive ketones (excluding diaryl/α,β-unsaturated/α-hetero) is 1. The molecule has 0 aliphatic heterocycles. The molecule has 0 radical (unpaired) electrons. The summed E-state index contributed by atoms with van der Waals surface area (Å²) < 4.78 is 0. The molecule has 0 aromatic heterocycles. The molecule has 0 atom stereocenters. The lowest BCUT2D eigenvalue weighted by Crippen LogP contribution is -1.93. The maximum Gasteiger partial charge on any atom is 0.160 e. The largest absolute Gasteiger partial charge is 0.294 e. The molecule has 2 aromatic carbocycles. The quantitative estimate of drug-likeness (QED) is 0.503. The molecule has 0 N–H and O–H groups in total. The van der Waals surface area contributed by atoms with E-state index in [4.69, 9.17) is 6.42 Å². The fourth-order valence-electron chi connectivity index (χ4n) is 1.74. The predicted octanol–water partition coefficient (Wildman–Crippen LogP) is 3.02. The Bertz CT molecular complexity index is 573. The van der Waals surface area contributed by atoms with Gasteiger partial charge in [-0.25, -0.2) is 0 Å². The predicted molar refractivity (Wildman–Crippen MR) is 61.9 cm³/mol. The first kappa shape index (κ1) is 9.48. The van der Waals surface area contributed by atoms with E-state index in [0.717, 1.165) is 21.9 Å². The van der Waals surface area contributed by atoms with E-state index in [2.05, 4.69) is 5.92 Å². The number of benzene rings is 2. The van der Waals surface area contributed by atoms with Crippen LogP contribution in [0, 0.1) is 12.3 Å². The molecule has 0 aliphatic rings. The van der Waals surface area contributed by atoms with E-state index >= 15 is 0 Å². The van der Waals surface area contributed by atoms with Crippen LogP contribution in [-0.2, 0) is 0 Å². The molecule has 15 heavy (non-hydrogen) atoms. The molecule has 1 nitrogen and oxygen atoms in total. The highest BCUT2D eigenvalue weighted by Crippen LogP contribution is 2.22. The van der Waals surface area contributed by atoms with Gasteiger partial charge in [0.25, 0.3) is 0 Å². The molecule has 0 heterocycles. The Balaban J connectivity index is 2.90. The molecular weight excluding hydrogens is 184 g/mol. The van der Waals surface area contributed by atoms with E-state index in [1.807, 2.05) is 36.4 Å². The average molecular weight is 194 g/mol. The lowest BCUT2D eigenvalue weighted by atomic mass is 9.99. The zero-order valence-corrected chi connectivity index (χ0v) is 8.45. The second kappa shape index (κ2) is 3.59. The Kier molecular flexibility index (Phi) is 2.27. The molecule has 0 fully saturated rings. The van der Waals surface area contributed by atoms with Crippen molar-refractivity contribution in [3.8, 4) is 12.3 Å². The smallest absolute Gasteiger partial charge is 0.160 e. The number of hydrogen-bond acceptors (Lipinski definition) is 1. The molecule has 0 saturated carbocycles. The van der Waals surface area contributed by atoms with Crippen LogP contribution in [0.15, 0.2) is 36.4 Å².